The molecule has 2 rings (SSSR count). The Kier molecular flexibility index (Phi) is 6.37. The van der Waals surface area contributed by atoms with Gasteiger partial charge in [-0.2, -0.15) is 0 Å². The van der Waals surface area contributed by atoms with E-state index < -0.39 is 0 Å². The fourth-order valence-corrected chi connectivity index (χ4v) is 3.59. The number of thiazole rings is 1. The lowest BCUT2D eigenvalue weighted by Gasteiger charge is -2.22. The largest absolute Gasteiger partial charge is 0.372 e. The molecule has 1 aromatic heterocycles. The van der Waals surface area contributed by atoms with Crippen LogP contribution < -0.4 is 10.2 Å². The van der Waals surface area contributed by atoms with Gasteiger partial charge in [0.2, 0.25) is 5.91 Å². The molecule has 0 saturated carbocycles. The average molecular weight is 346 g/mol. The van der Waals surface area contributed by atoms with Crippen LogP contribution in [0.3, 0.4) is 0 Å². The smallest absolute Gasteiger partial charge is 0.224 e. The molecule has 130 valence electrons. The molecule has 1 amide bonds. The normalized spacial score (nSPS) is 10.7. The zero-order valence-corrected chi connectivity index (χ0v) is 16.1. The Hall–Kier alpha value is -1.88. The predicted molar refractivity (Wildman–Crippen MR) is 103 cm³/mol. The molecule has 0 aliphatic carbocycles. The molecule has 4 nitrogen and oxygen atoms in total. The minimum Gasteiger partial charge on any atom is -0.372 e. The number of carbonyl (C=O) groups is 1. The van der Waals surface area contributed by atoms with Crippen molar-refractivity contribution in [3.05, 3.63) is 39.3 Å². The van der Waals surface area contributed by atoms with Crippen LogP contribution in [0, 0.1) is 20.8 Å². The minimum atomic E-state index is 0.0409. The summed E-state index contributed by atoms with van der Waals surface area (Å²) in [6, 6.07) is 6.21. The van der Waals surface area contributed by atoms with E-state index >= 15 is 0 Å². The van der Waals surface area contributed by atoms with E-state index in [0.29, 0.717) is 12.8 Å². The Labute approximate surface area is 148 Å². The molecule has 0 spiro atoms. The summed E-state index contributed by atoms with van der Waals surface area (Å²) in [5.74, 6) is 0.0409. The van der Waals surface area contributed by atoms with Crippen LogP contribution in [-0.2, 0) is 11.2 Å². The van der Waals surface area contributed by atoms with Crippen LogP contribution in [0.25, 0.3) is 0 Å². The molecule has 0 bridgehead atoms. The molecule has 5 heteroatoms. The van der Waals surface area contributed by atoms with E-state index in [1.54, 1.807) is 11.3 Å². The maximum Gasteiger partial charge on any atom is 0.224 e. The van der Waals surface area contributed by atoms with Crippen LogP contribution >= 0.6 is 11.3 Å². The molecule has 1 heterocycles. The Morgan fingerprint density at radius 1 is 1.21 bits per heavy atom. The molecule has 1 N–H and O–H groups in total. The Balaban J connectivity index is 1.96. The van der Waals surface area contributed by atoms with Crippen molar-refractivity contribution in [2.75, 3.05) is 23.3 Å². The van der Waals surface area contributed by atoms with Crippen LogP contribution in [0.2, 0.25) is 0 Å². The van der Waals surface area contributed by atoms with Crippen LogP contribution in [0.15, 0.2) is 18.2 Å². The summed E-state index contributed by atoms with van der Waals surface area (Å²) in [5.41, 5.74) is 4.25. The molecular formula is C19H27N3OS. The zero-order chi connectivity index (χ0) is 17.7. The number of aryl methyl sites for hydroxylation is 4. The van der Waals surface area contributed by atoms with Gasteiger partial charge in [-0.15, -0.1) is 11.3 Å². The fraction of sp³-hybridized carbons (Fsp3) is 0.474. The topological polar surface area (TPSA) is 45.2 Å². The van der Waals surface area contributed by atoms with E-state index in [4.69, 9.17) is 0 Å². The van der Waals surface area contributed by atoms with E-state index in [0.717, 1.165) is 35.0 Å². The van der Waals surface area contributed by atoms with E-state index in [1.807, 2.05) is 19.9 Å². The first-order valence-electron chi connectivity index (χ1n) is 8.53. The third-order valence-electron chi connectivity index (χ3n) is 4.25. The molecule has 0 atom stereocenters. The van der Waals surface area contributed by atoms with Gasteiger partial charge in [0.05, 0.1) is 10.7 Å². The van der Waals surface area contributed by atoms with Crippen molar-refractivity contribution >= 4 is 28.6 Å². The molecule has 0 fully saturated rings. The number of nitrogens with zero attached hydrogens (tertiary/aromatic N) is 2. The Bertz CT molecular complexity index is 685. The van der Waals surface area contributed by atoms with E-state index in [9.17, 15) is 4.79 Å². The maximum absolute atomic E-state index is 12.2. The average Bonchev–Trinajstić information content (AvgIpc) is 2.87. The summed E-state index contributed by atoms with van der Waals surface area (Å²) in [6.07, 6.45) is 1.16. The molecule has 0 aliphatic heterocycles. The minimum absolute atomic E-state index is 0.0409. The van der Waals surface area contributed by atoms with Gasteiger partial charge in [0.15, 0.2) is 0 Å². The van der Waals surface area contributed by atoms with Crippen LogP contribution in [0.4, 0.5) is 11.4 Å². The highest BCUT2D eigenvalue weighted by molar-refractivity contribution is 7.11. The number of hydrogen-bond donors (Lipinski definition) is 1. The Morgan fingerprint density at radius 2 is 1.92 bits per heavy atom. The molecule has 24 heavy (non-hydrogen) atoms. The van der Waals surface area contributed by atoms with Crippen LogP contribution in [-0.4, -0.2) is 24.0 Å². The molecule has 0 saturated heterocycles. The number of benzene rings is 1. The van der Waals surface area contributed by atoms with Crippen molar-refractivity contribution in [3.63, 3.8) is 0 Å². The summed E-state index contributed by atoms with van der Waals surface area (Å²) in [7, 11) is 0. The quantitative estimate of drug-likeness (QED) is 0.804. The van der Waals surface area contributed by atoms with Gasteiger partial charge in [-0.1, -0.05) is 0 Å². The lowest BCUT2D eigenvalue weighted by Crippen LogP contribution is -2.22. The third kappa shape index (κ3) is 4.57. The number of hydrogen-bond acceptors (Lipinski definition) is 4. The molecular weight excluding hydrogens is 318 g/mol. The second-order valence-electron chi connectivity index (χ2n) is 5.97. The van der Waals surface area contributed by atoms with Crippen LogP contribution in [0.5, 0.6) is 0 Å². The number of carbonyl (C=O) groups excluding carboxylic acids is 1. The van der Waals surface area contributed by atoms with Gasteiger partial charge >= 0.3 is 0 Å². The Morgan fingerprint density at radius 3 is 2.46 bits per heavy atom. The first-order valence-corrected chi connectivity index (χ1v) is 9.34. The molecule has 0 unspecified atom stereocenters. The van der Waals surface area contributed by atoms with Gasteiger partial charge in [-0.05, 0) is 58.4 Å². The monoisotopic (exact) mass is 345 g/mol. The van der Waals surface area contributed by atoms with Gasteiger partial charge in [-0.3, -0.25) is 4.79 Å². The standard InChI is InChI=1S/C19H27N3OS/c1-6-22(7-2)16-8-9-17(13(3)12-16)21-18(23)10-11-19-20-14(4)15(5)24-19/h8-9,12H,6-7,10-11H2,1-5H3,(H,21,23). The molecule has 2 aromatic rings. The van der Waals surface area contributed by atoms with Crippen molar-refractivity contribution in [2.45, 2.75) is 47.5 Å². The first kappa shape index (κ1) is 18.5. The van der Waals surface area contributed by atoms with E-state index in [1.165, 1.54) is 10.6 Å². The van der Waals surface area contributed by atoms with Gasteiger partial charge < -0.3 is 10.2 Å². The fourth-order valence-electron chi connectivity index (χ4n) is 2.65. The van der Waals surface area contributed by atoms with Crippen LogP contribution in [0.1, 0.15) is 41.4 Å². The van der Waals surface area contributed by atoms with Gasteiger partial charge in [0.25, 0.3) is 0 Å². The van der Waals surface area contributed by atoms with E-state index in [2.05, 4.69) is 48.1 Å². The summed E-state index contributed by atoms with van der Waals surface area (Å²) >= 11 is 1.68. The van der Waals surface area contributed by atoms with E-state index in [-0.39, 0.29) is 5.91 Å². The number of rotatable bonds is 7. The number of aromatic nitrogens is 1. The van der Waals surface area contributed by atoms with Crippen molar-refractivity contribution in [1.82, 2.24) is 4.98 Å². The SMILES string of the molecule is CCN(CC)c1ccc(NC(=O)CCc2nc(C)c(C)s2)c(C)c1. The summed E-state index contributed by atoms with van der Waals surface area (Å²) in [4.78, 5) is 20.2. The number of anilines is 2. The maximum atomic E-state index is 12.2. The predicted octanol–water partition coefficient (Wildman–Crippen LogP) is 4.49. The van der Waals surface area contributed by atoms with Crippen molar-refractivity contribution in [2.24, 2.45) is 0 Å². The second-order valence-corrected chi connectivity index (χ2v) is 7.26. The molecule has 0 radical (unpaired) electrons. The van der Waals surface area contributed by atoms with Gasteiger partial charge in [0, 0.05) is 42.2 Å². The second kappa shape index (κ2) is 8.29. The summed E-state index contributed by atoms with van der Waals surface area (Å²) in [5, 5.41) is 4.06. The summed E-state index contributed by atoms with van der Waals surface area (Å²) in [6.45, 7) is 12.4. The lowest BCUT2D eigenvalue weighted by molar-refractivity contribution is -0.116. The number of amides is 1. The highest BCUT2D eigenvalue weighted by atomic mass is 32.1. The highest BCUT2D eigenvalue weighted by Crippen LogP contribution is 2.23. The van der Waals surface area contributed by atoms with Gasteiger partial charge in [0.1, 0.15) is 0 Å². The van der Waals surface area contributed by atoms with Crippen molar-refractivity contribution in [1.29, 1.82) is 0 Å². The zero-order valence-electron chi connectivity index (χ0n) is 15.3. The first-order chi connectivity index (χ1) is 11.4. The molecule has 0 aliphatic rings. The number of nitrogens with one attached hydrogen (secondary N) is 1. The third-order valence-corrected chi connectivity index (χ3v) is 5.38. The molecule has 1 aromatic carbocycles. The highest BCUT2D eigenvalue weighted by Gasteiger charge is 2.10. The van der Waals surface area contributed by atoms with Gasteiger partial charge in [-0.25, -0.2) is 4.98 Å². The lowest BCUT2D eigenvalue weighted by atomic mass is 10.1. The summed E-state index contributed by atoms with van der Waals surface area (Å²) < 4.78 is 0. The van der Waals surface area contributed by atoms with Crippen molar-refractivity contribution < 1.29 is 4.79 Å². The van der Waals surface area contributed by atoms with Crippen molar-refractivity contribution in [3.8, 4) is 0 Å².